The van der Waals surface area contributed by atoms with Crippen molar-refractivity contribution in [1.82, 2.24) is 4.31 Å². The smallest absolute Gasteiger partial charge is 0.264 e. The topological polar surface area (TPSA) is 122 Å². The zero-order chi connectivity index (χ0) is 29.7. The first kappa shape index (κ1) is 31.1. The second-order valence-corrected chi connectivity index (χ2v) is 12.5. The zero-order valence-corrected chi connectivity index (χ0v) is 24.6. The van der Waals surface area contributed by atoms with Crippen LogP contribution >= 0.6 is 11.6 Å². The molecule has 0 spiro atoms. The van der Waals surface area contributed by atoms with E-state index in [1.54, 1.807) is 13.8 Å². The standard InChI is InChI=1S/C26H29ClFN3O7S2/c1-5-30(6-2)39(33,34)20-10-7-18(8-11-20)29-26(32)17-31(19-9-13-23(28)22(27)15-19)40(35,36)21-12-14-24(37-3)25(16-21)38-4/h7-16H,5-6,17H2,1-4H3,(H,29,32). The number of hydrogen-bond acceptors (Lipinski definition) is 7. The molecule has 0 unspecified atom stereocenters. The molecule has 0 aliphatic heterocycles. The molecule has 3 rings (SSSR count). The Hall–Kier alpha value is -3.39. The molecule has 0 atom stereocenters. The molecule has 40 heavy (non-hydrogen) atoms. The molecule has 0 radical (unpaired) electrons. The van der Waals surface area contributed by atoms with Gasteiger partial charge in [-0.2, -0.15) is 4.31 Å². The highest BCUT2D eigenvalue weighted by Crippen LogP contribution is 2.33. The van der Waals surface area contributed by atoms with Gasteiger partial charge in [-0.1, -0.05) is 25.4 Å². The van der Waals surface area contributed by atoms with Gasteiger partial charge >= 0.3 is 0 Å². The highest BCUT2D eigenvalue weighted by molar-refractivity contribution is 7.92. The van der Waals surface area contributed by atoms with Gasteiger partial charge < -0.3 is 14.8 Å². The summed E-state index contributed by atoms with van der Waals surface area (Å²) in [5, 5.41) is 2.23. The maximum absolute atomic E-state index is 13.9. The van der Waals surface area contributed by atoms with Gasteiger partial charge in [-0.3, -0.25) is 9.10 Å². The summed E-state index contributed by atoms with van der Waals surface area (Å²) in [5.41, 5.74) is 0.182. The third-order valence-corrected chi connectivity index (χ3v) is 10.0. The molecule has 1 amide bonds. The molecule has 3 aromatic rings. The molecule has 0 aromatic heterocycles. The highest BCUT2D eigenvalue weighted by atomic mass is 35.5. The first-order valence-corrected chi connectivity index (χ1v) is 15.2. The molecule has 1 N–H and O–H groups in total. The Labute approximate surface area is 238 Å². The van der Waals surface area contributed by atoms with E-state index >= 15 is 0 Å². The van der Waals surface area contributed by atoms with Crippen LogP contribution in [0.4, 0.5) is 15.8 Å². The van der Waals surface area contributed by atoms with Crippen LogP contribution in [-0.2, 0) is 24.8 Å². The van der Waals surface area contributed by atoms with Crippen LogP contribution in [0.2, 0.25) is 5.02 Å². The number of methoxy groups -OCH3 is 2. The van der Waals surface area contributed by atoms with Crippen molar-refractivity contribution < 1.29 is 35.5 Å². The van der Waals surface area contributed by atoms with Gasteiger partial charge in [0.05, 0.1) is 34.7 Å². The fourth-order valence-electron chi connectivity index (χ4n) is 3.81. The number of rotatable bonds is 12. The van der Waals surface area contributed by atoms with Gasteiger partial charge in [0.1, 0.15) is 12.4 Å². The number of ether oxygens (including phenoxy) is 2. The normalized spacial score (nSPS) is 11.8. The molecule has 0 heterocycles. The van der Waals surface area contributed by atoms with E-state index in [-0.39, 0.29) is 31.9 Å². The first-order valence-electron chi connectivity index (χ1n) is 12.0. The predicted octanol–water partition coefficient (Wildman–Crippen LogP) is 4.36. The van der Waals surface area contributed by atoms with Gasteiger partial charge in [-0.15, -0.1) is 0 Å². The van der Waals surface area contributed by atoms with Crippen LogP contribution in [0, 0.1) is 5.82 Å². The largest absolute Gasteiger partial charge is 0.493 e. The summed E-state index contributed by atoms with van der Waals surface area (Å²) in [6.07, 6.45) is 0. The maximum atomic E-state index is 13.9. The quantitative estimate of drug-likeness (QED) is 0.322. The summed E-state index contributed by atoms with van der Waals surface area (Å²) in [6.45, 7) is 3.35. The van der Waals surface area contributed by atoms with Crippen LogP contribution in [-0.4, -0.2) is 60.9 Å². The van der Waals surface area contributed by atoms with Crippen molar-refractivity contribution in [2.24, 2.45) is 0 Å². The molecule has 0 saturated heterocycles. The Morgan fingerprint density at radius 3 is 2.00 bits per heavy atom. The lowest BCUT2D eigenvalue weighted by atomic mass is 10.3. The number of carbonyl (C=O) groups excluding carboxylic acids is 1. The van der Waals surface area contributed by atoms with Gasteiger partial charge in [0.2, 0.25) is 15.9 Å². The molecule has 0 aliphatic rings. The van der Waals surface area contributed by atoms with Crippen LogP contribution in [0.3, 0.4) is 0 Å². The molecular weight excluding hydrogens is 585 g/mol. The molecule has 216 valence electrons. The van der Waals surface area contributed by atoms with Gasteiger partial charge in [0.15, 0.2) is 11.5 Å². The Bertz CT molecular complexity index is 1580. The zero-order valence-electron chi connectivity index (χ0n) is 22.2. The predicted molar refractivity (Wildman–Crippen MR) is 151 cm³/mol. The lowest BCUT2D eigenvalue weighted by Crippen LogP contribution is -2.38. The van der Waals surface area contributed by atoms with Crippen molar-refractivity contribution >= 4 is 48.9 Å². The molecular formula is C26H29ClFN3O7S2. The summed E-state index contributed by atoms with van der Waals surface area (Å²) in [7, 11) is -5.36. The van der Waals surface area contributed by atoms with Gasteiger partial charge in [0.25, 0.3) is 10.0 Å². The molecule has 0 aliphatic carbocycles. The Morgan fingerprint density at radius 1 is 0.850 bits per heavy atom. The summed E-state index contributed by atoms with van der Waals surface area (Å²) in [6, 6.07) is 12.7. The molecule has 3 aromatic carbocycles. The van der Waals surface area contributed by atoms with Crippen molar-refractivity contribution in [2.45, 2.75) is 23.6 Å². The SMILES string of the molecule is CCN(CC)S(=O)(=O)c1ccc(NC(=O)CN(c2ccc(F)c(Cl)c2)S(=O)(=O)c2ccc(OC)c(OC)c2)cc1. The number of halogens is 2. The van der Waals surface area contributed by atoms with Crippen LogP contribution in [0.15, 0.2) is 70.5 Å². The number of benzene rings is 3. The lowest BCUT2D eigenvalue weighted by molar-refractivity contribution is -0.114. The van der Waals surface area contributed by atoms with Crippen LogP contribution < -0.4 is 19.1 Å². The fraction of sp³-hybridized carbons (Fsp3) is 0.269. The second-order valence-electron chi connectivity index (χ2n) is 8.29. The number of nitrogens with zero attached hydrogens (tertiary/aromatic N) is 2. The second kappa shape index (κ2) is 12.9. The minimum Gasteiger partial charge on any atom is -0.493 e. The Balaban J connectivity index is 1.94. The number of anilines is 2. The van der Waals surface area contributed by atoms with Crippen molar-refractivity contribution in [3.8, 4) is 11.5 Å². The summed E-state index contributed by atoms with van der Waals surface area (Å²) >= 11 is 5.92. The fourth-order valence-corrected chi connectivity index (χ4v) is 6.87. The third-order valence-electron chi connectivity index (χ3n) is 5.90. The van der Waals surface area contributed by atoms with E-state index in [9.17, 15) is 26.0 Å². The monoisotopic (exact) mass is 613 g/mol. The first-order chi connectivity index (χ1) is 18.9. The summed E-state index contributed by atoms with van der Waals surface area (Å²) in [5.74, 6) is -1.08. The number of nitrogens with one attached hydrogen (secondary N) is 1. The number of sulfonamides is 2. The number of amides is 1. The van der Waals surface area contributed by atoms with E-state index in [4.69, 9.17) is 21.1 Å². The summed E-state index contributed by atoms with van der Waals surface area (Å²) in [4.78, 5) is 12.9. The van der Waals surface area contributed by atoms with E-state index in [1.807, 2.05) is 0 Å². The maximum Gasteiger partial charge on any atom is 0.264 e. The lowest BCUT2D eigenvalue weighted by Gasteiger charge is -2.25. The molecule has 14 heteroatoms. The third kappa shape index (κ3) is 6.66. The average Bonchev–Trinajstić information content (AvgIpc) is 2.93. The molecule has 0 saturated carbocycles. The molecule has 0 bridgehead atoms. The Morgan fingerprint density at radius 2 is 1.45 bits per heavy atom. The summed E-state index contributed by atoms with van der Waals surface area (Å²) < 4.78 is 79.2. The van der Waals surface area contributed by atoms with Gasteiger partial charge in [0, 0.05) is 24.8 Å². The van der Waals surface area contributed by atoms with Crippen molar-refractivity contribution in [1.29, 1.82) is 0 Å². The van der Waals surface area contributed by atoms with Crippen molar-refractivity contribution in [3.05, 3.63) is 71.5 Å². The number of hydrogen-bond donors (Lipinski definition) is 1. The molecule has 10 nitrogen and oxygen atoms in total. The van der Waals surface area contributed by atoms with E-state index in [2.05, 4.69) is 5.32 Å². The minimum atomic E-state index is -4.40. The highest BCUT2D eigenvalue weighted by Gasteiger charge is 2.29. The van der Waals surface area contributed by atoms with Gasteiger partial charge in [-0.25, -0.2) is 21.2 Å². The van der Waals surface area contributed by atoms with Crippen molar-refractivity contribution in [2.75, 3.05) is 43.5 Å². The van der Waals surface area contributed by atoms with Crippen LogP contribution in [0.5, 0.6) is 11.5 Å². The van der Waals surface area contributed by atoms with Crippen LogP contribution in [0.25, 0.3) is 0 Å². The van der Waals surface area contributed by atoms with E-state index in [0.717, 1.165) is 16.4 Å². The average molecular weight is 614 g/mol. The van der Waals surface area contributed by atoms with Gasteiger partial charge in [-0.05, 0) is 54.6 Å². The van der Waals surface area contributed by atoms with Crippen LogP contribution in [0.1, 0.15) is 13.8 Å². The molecule has 0 fully saturated rings. The van der Waals surface area contributed by atoms with E-state index < -0.39 is 38.3 Å². The Kier molecular flexibility index (Phi) is 10.0. The number of carbonyl (C=O) groups is 1. The van der Waals surface area contributed by atoms with Crippen molar-refractivity contribution in [3.63, 3.8) is 0 Å². The van der Waals surface area contributed by atoms with E-state index in [1.165, 1.54) is 67.1 Å². The van der Waals surface area contributed by atoms with E-state index in [0.29, 0.717) is 18.8 Å². The minimum absolute atomic E-state index is 0.0489.